The van der Waals surface area contributed by atoms with Crippen LogP contribution in [0.3, 0.4) is 0 Å². The zero-order valence-electron chi connectivity index (χ0n) is 60.1. The predicted molar refractivity (Wildman–Crippen MR) is 443 cm³/mol. The average Bonchev–Trinajstić information content (AvgIpc) is 1.47. The zero-order chi connectivity index (χ0) is 71.9. The van der Waals surface area contributed by atoms with Gasteiger partial charge in [-0.25, -0.2) is 0 Å². The summed E-state index contributed by atoms with van der Waals surface area (Å²) in [6, 6.07) is 119. The number of benzene rings is 12. The molecule has 4 aliphatic carbocycles. The molecule has 2 fully saturated rings. The van der Waals surface area contributed by atoms with Crippen molar-refractivity contribution >= 4 is 122 Å². The maximum atomic E-state index is 12.6. The third kappa shape index (κ3) is 6.86. The van der Waals surface area contributed by atoms with Crippen LogP contribution in [0.5, 0.6) is 0 Å². The molecule has 22 rings (SSSR count). The van der Waals surface area contributed by atoms with Gasteiger partial charge in [-0.05, 0) is 0 Å². The van der Waals surface area contributed by atoms with Gasteiger partial charge in [-0.15, -0.1) is 0 Å². The Labute approximate surface area is 629 Å². The van der Waals surface area contributed by atoms with E-state index in [0.717, 1.165) is 201 Å². The molecule has 4 atom stereocenters. The van der Waals surface area contributed by atoms with Crippen molar-refractivity contribution in [1.29, 1.82) is 0 Å². The molecule has 0 N–H and O–H groups in total. The second kappa shape index (κ2) is 21.7. The summed E-state index contributed by atoms with van der Waals surface area (Å²) in [5.41, 5.74) is 21.9. The summed E-state index contributed by atoms with van der Waals surface area (Å²) >= 11 is -9.28. The van der Waals surface area contributed by atoms with E-state index in [-0.39, 0.29) is 0 Å². The fourth-order valence-corrected chi connectivity index (χ4v) is 191. The fraction of sp³-hybridized carbons (Fsp3) is 0.102. The number of furan rings is 4. The summed E-state index contributed by atoms with van der Waals surface area (Å²) in [4.78, 5) is 0. The van der Waals surface area contributed by atoms with Crippen LogP contribution in [-0.4, -0.2) is 17.6 Å². The minimum atomic E-state index is -9.28. The first-order chi connectivity index (χ1) is 52.2. The van der Waals surface area contributed by atoms with Gasteiger partial charge in [0.05, 0.1) is 0 Å². The van der Waals surface area contributed by atoms with E-state index in [1.165, 1.54) is 0 Å². The molecule has 6 aliphatic rings. The van der Waals surface area contributed by atoms with Crippen LogP contribution >= 0.6 is 17.2 Å². The van der Waals surface area contributed by atoms with Gasteiger partial charge in [-0.2, -0.15) is 0 Å². The summed E-state index contributed by atoms with van der Waals surface area (Å²) in [6.07, 6.45) is 0. The zero-order valence-corrected chi connectivity index (χ0v) is 67.5. The molecule has 2 saturated heterocycles. The Morgan fingerprint density at radius 2 is 0.430 bits per heavy atom. The third-order valence-electron chi connectivity index (χ3n) is 27.4. The summed E-state index contributed by atoms with van der Waals surface area (Å²) in [5, 5.41) is 9.03. The van der Waals surface area contributed by atoms with Crippen molar-refractivity contribution in [3.8, 4) is 0 Å². The normalized spacial score (nSPS) is 23.7. The Morgan fingerprint density at radius 1 is 0.234 bits per heavy atom. The molecule has 9 heteroatoms. The topological polar surface area (TPSA) is 52.6 Å². The predicted octanol–water partition coefficient (Wildman–Crippen LogP) is 25.1. The van der Waals surface area contributed by atoms with Crippen LogP contribution in [0.1, 0.15) is 113 Å². The molecule has 0 bridgehead atoms. The Morgan fingerprint density at radius 3 is 0.654 bits per heavy atom. The van der Waals surface area contributed by atoms with E-state index in [0.29, 0.717) is 0 Å². The first-order valence-electron chi connectivity index (χ1n) is 37.6. The van der Waals surface area contributed by atoms with Gasteiger partial charge in [0.2, 0.25) is 0 Å². The quantitative estimate of drug-likeness (QED) is 0.142. The van der Waals surface area contributed by atoms with Crippen LogP contribution in [0.2, 0.25) is 13.1 Å². The van der Waals surface area contributed by atoms with Gasteiger partial charge in [0.15, 0.2) is 0 Å². The molecule has 107 heavy (non-hydrogen) atoms. The second-order valence-corrected chi connectivity index (χ2v) is 85.6. The number of rotatable bonds is 8. The van der Waals surface area contributed by atoms with Crippen LogP contribution in [0, 0.1) is 27.7 Å². The molecule has 0 saturated carbocycles. The van der Waals surface area contributed by atoms with Crippen LogP contribution in [0.4, 0.5) is 0 Å². The van der Waals surface area contributed by atoms with Gasteiger partial charge in [0.25, 0.3) is 0 Å². The first-order valence-corrected chi connectivity index (χ1v) is 58.3. The van der Waals surface area contributed by atoms with Crippen LogP contribution < -0.4 is 0 Å². The van der Waals surface area contributed by atoms with Crippen molar-refractivity contribution in [1.82, 2.24) is 0 Å². The van der Waals surface area contributed by atoms with Crippen molar-refractivity contribution < 1.29 is 32.3 Å². The molecule has 0 amide bonds. The molecule has 4 nitrogen and oxygen atoms in total. The maximum absolute atomic E-state index is 12.6. The molecule has 5 spiro atoms. The van der Waals surface area contributed by atoms with E-state index >= 15 is 0 Å². The Hall–Kier alpha value is -10.4. The van der Waals surface area contributed by atoms with E-state index in [2.05, 4.69) is 356 Å². The van der Waals surface area contributed by atoms with Crippen molar-refractivity contribution in [2.24, 2.45) is 0 Å². The van der Waals surface area contributed by atoms with E-state index in [1.54, 1.807) is 0 Å². The summed E-state index contributed by atoms with van der Waals surface area (Å²) in [5.74, 6) is 6.22. The van der Waals surface area contributed by atoms with E-state index in [4.69, 9.17) is 17.7 Å². The van der Waals surface area contributed by atoms with Crippen molar-refractivity contribution in [2.75, 3.05) is 0 Å². The van der Waals surface area contributed by atoms with Crippen LogP contribution in [-0.2, 0) is 25.8 Å². The summed E-state index contributed by atoms with van der Waals surface area (Å²) < 4.78 is 26.1. The van der Waals surface area contributed by atoms with Crippen LogP contribution in [0.25, 0.3) is 87.7 Å². The van der Waals surface area contributed by atoms with Gasteiger partial charge < -0.3 is 0 Å². The second-order valence-electron chi connectivity index (χ2n) is 31.2. The third-order valence-corrected chi connectivity index (χ3v) is 142. The van der Waals surface area contributed by atoms with Gasteiger partial charge in [0.1, 0.15) is 0 Å². The number of hydrogen-bond donors (Lipinski definition) is 0. The monoisotopic (exact) mass is 1620 g/mol. The number of halogens is 2. The molecular formula is C98H72Cl2HfO4Si2. The van der Waals surface area contributed by atoms with Gasteiger partial charge in [-0.1, -0.05) is 0 Å². The Balaban J connectivity index is 1.11. The van der Waals surface area contributed by atoms with E-state index < -0.39 is 43.4 Å². The van der Waals surface area contributed by atoms with E-state index in [9.17, 15) is 17.2 Å². The SMILES string of the molecule is Cc1ccc(C2=C(c3cccc4ccccc34)c3ccccc3[C]23[SiH](C)[C]2(C(c4ccc(C)o4)=C(c4cccc5ccccc45)c4ccccc42)[Hf]32([Cl])([Cl])[C]3(C(c4ccc(C)o4)=C(c4cccc5ccccc45)c4ccccc43)[SiH](C)[C]23C(c2ccc(C)o2)=C(c2cccc4ccccc24)c2ccccc23)o1. The Kier molecular flexibility index (Phi) is 13.0. The van der Waals surface area contributed by atoms with Crippen molar-refractivity contribution in [3.63, 3.8) is 0 Å². The minimum absolute atomic E-state index is 0.762. The average molecular weight is 1620 g/mol. The summed E-state index contributed by atoms with van der Waals surface area (Å²) in [6.45, 7) is 13.8. The molecule has 2 aliphatic heterocycles. The van der Waals surface area contributed by atoms with Crippen molar-refractivity contribution in [2.45, 2.75) is 52.0 Å². The molecule has 514 valence electrons. The molecule has 6 heterocycles. The number of hydrogen-bond acceptors (Lipinski definition) is 4. The molecule has 16 aromatic rings. The fourth-order valence-electron chi connectivity index (χ4n) is 24.9. The van der Waals surface area contributed by atoms with Gasteiger partial charge >= 0.3 is 635 Å². The van der Waals surface area contributed by atoms with Gasteiger partial charge in [-0.3, -0.25) is 0 Å². The number of fused-ring (bicyclic) bond motifs is 16. The molecule has 4 aromatic heterocycles. The first kappa shape index (κ1) is 63.9. The molecular weight excluding hydrogens is 1550 g/mol. The summed E-state index contributed by atoms with van der Waals surface area (Å²) in [7, 11) is 18.5. The van der Waals surface area contributed by atoms with Crippen molar-refractivity contribution in [3.05, 3.63) is 428 Å². The molecule has 4 unspecified atom stereocenters. The number of allylic oxidation sites excluding steroid dienone is 4. The standard InChI is InChI=1S/2C49H36O2Si.2ClH.Hf/c2*1-30-26-28-42(50-30)46-44(36-24-12-16-32-14-4-6-18-34(32)36)38-20-8-10-22-40(38)48(46)52(3)49-41-23-11-9-21-39(41)45(47(49)43-29-27-31(2)51-43)37-25-13-17-33-15-5-7-19-35(33)37;;;/h2*4-29,52H,1-3H3;2*1H;/q;;;;+2/p-2. The van der Waals surface area contributed by atoms with Gasteiger partial charge in [0, 0.05) is 0 Å². The Bertz CT molecular complexity index is 5990. The molecule has 0 radical (unpaired) electrons. The number of aryl methyl sites for hydroxylation is 4. The molecule has 12 aromatic carbocycles. The van der Waals surface area contributed by atoms with Crippen LogP contribution in [0.15, 0.2) is 333 Å². The van der Waals surface area contributed by atoms with E-state index in [1.807, 2.05) is 0 Å².